The average Bonchev–Trinajstić information content (AvgIpc) is 2.45. The maximum atomic E-state index is 12.1. The molecule has 114 valence electrons. The van der Waals surface area contributed by atoms with Crippen molar-refractivity contribution in [3.8, 4) is 0 Å². The Kier molecular flexibility index (Phi) is 6.17. The molecule has 1 aromatic carbocycles. The molecule has 1 rings (SSSR count). The molecule has 0 aromatic heterocycles. The van der Waals surface area contributed by atoms with Gasteiger partial charge in [0, 0.05) is 6.42 Å². The summed E-state index contributed by atoms with van der Waals surface area (Å²) in [5.74, 6) is -2.36. The summed E-state index contributed by atoms with van der Waals surface area (Å²) in [6.45, 7) is 1.74. The normalized spacial score (nSPS) is 11.6. The van der Waals surface area contributed by atoms with E-state index in [2.05, 4.69) is 10.1 Å². The van der Waals surface area contributed by atoms with Crippen LogP contribution in [0.1, 0.15) is 28.8 Å². The number of ether oxygens (including phenoxy) is 1. The monoisotopic (exact) mass is 313 g/mol. The standard InChI is InChI=1S/C14H16ClNO5/c1-8-4-3-5-9(12(8)15)13(18)16-10(14(19)20)6-7-11(17)21-2/h3-5,10H,6-7H2,1-2H3,(H,16,18)(H,19,20)/t10-/m0/s1. The molecular formula is C14H16ClNO5. The molecule has 0 radical (unpaired) electrons. The van der Waals surface area contributed by atoms with Gasteiger partial charge in [0.05, 0.1) is 17.7 Å². The molecule has 0 fully saturated rings. The first-order chi connectivity index (χ1) is 9.86. The maximum Gasteiger partial charge on any atom is 0.326 e. The van der Waals surface area contributed by atoms with Crippen LogP contribution in [0.25, 0.3) is 0 Å². The second-order valence-corrected chi connectivity index (χ2v) is 4.79. The third-order valence-corrected chi connectivity index (χ3v) is 3.41. The summed E-state index contributed by atoms with van der Waals surface area (Å²) in [6.07, 6.45) is -0.160. The van der Waals surface area contributed by atoms with Gasteiger partial charge in [-0.2, -0.15) is 0 Å². The highest BCUT2D eigenvalue weighted by atomic mass is 35.5. The Morgan fingerprint density at radius 2 is 2.05 bits per heavy atom. The first-order valence-electron chi connectivity index (χ1n) is 6.22. The molecule has 0 spiro atoms. The van der Waals surface area contributed by atoms with Gasteiger partial charge < -0.3 is 15.2 Å². The number of hydrogen-bond donors (Lipinski definition) is 2. The number of hydrogen-bond acceptors (Lipinski definition) is 4. The maximum absolute atomic E-state index is 12.1. The average molecular weight is 314 g/mol. The number of carbonyl (C=O) groups excluding carboxylic acids is 2. The van der Waals surface area contributed by atoms with Crippen molar-refractivity contribution >= 4 is 29.4 Å². The van der Waals surface area contributed by atoms with Gasteiger partial charge in [0.25, 0.3) is 5.91 Å². The van der Waals surface area contributed by atoms with Crippen LogP contribution in [0.5, 0.6) is 0 Å². The molecule has 1 amide bonds. The fourth-order valence-electron chi connectivity index (χ4n) is 1.68. The molecule has 0 aliphatic carbocycles. The zero-order valence-corrected chi connectivity index (χ0v) is 12.4. The zero-order valence-electron chi connectivity index (χ0n) is 11.7. The van der Waals surface area contributed by atoms with Gasteiger partial charge in [0.15, 0.2) is 0 Å². The first kappa shape index (κ1) is 17.0. The molecule has 7 heteroatoms. The first-order valence-corrected chi connectivity index (χ1v) is 6.60. The van der Waals surface area contributed by atoms with E-state index in [-0.39, 0.29) is 23.4 Å². The Balaban J connectivity index is 2.79. The smallest absolute Gasteiger partial charge is 0.326 e. The molecule has 2 N–H and O–H groups in total. The molecule has 0 bridgehead atoms. The van der Waals surface area contributed by atoms with Gasteiger partial charge >= 0.3 is 11.9 Å². The second kappa shape index (κ2) is 7.64. The summed E-state index contributed by atoms with van der Waals surface area (Å²) >= 11 is 6.02. The van der Waals surface area contributed by atoms with Crippen LogP contribution < -0.4 is 5.32 Å². The molecule has 0 aliphatic heterocycles. The van der Waals surface area contributed by atoms with E-state index in [0.29, 0.717) is 5.56 Å². The van der Waals surface area contributed by atoms with Crippen molar-refractivity contribution in [3.63, 3.8) is 0 Å². The summed E-state index contributed by atoms with van der Waals surface area (Å²) < 4.78 is 4.44. The van der Waals surface area contributed by atoms with E-state index in [1.165, 1.54) is 13.2 Å². The minimum atomic E-state index is -1.23. The Morgan fingerprint density at radius 1 is 1.38 bits per heavy atom. The van der Waals surface area contributed by atoms with Crippen LogP contribution in [0.3, 0.4) is 0 Å². The van der Waals surface area contributed by atoms with Crippen molar-refractivity contribution in [1.29, 1.82) is 0 Å². The number of rotatable bonds is 6. The highest BCUT2D eigenvalue weighted by Crippen LogP contribution is 2.20. The molecule has 0 saturated carbocycles. The van der Waals surface area contributed by atoms with Gasteiger partial charge in [0.1, 0.15) is 6.04 Å². The lowest BCUT2D eigenvalue weighted by Gasteiger charge is -2.15. The summed E-state index contributed by atoms with van der Waals surface area (Å²) in [7, 11) is 1.21. The van der Waals surface area contributed by atoms with E-state index < -0.39 is 23.9 Å². The largest absolute Gasteiger partial charge is 0.480 e. The van der Waals surface area contributed by atoms with Crippen LogP contribution in [0.2, 0.25) is 5.02 Å². The Morgan fingerprint density at radius 3 is 2.62 bits per heavy atom. The van der Waals surface area contributed by atoms with Gasteiger partial charge in [-0.1, -0.05) is 23.7 Å². The number of aryl methyl sites for hydroxylation is 1. The van der Waals surface area contributed by atoms with E-state index in [1.807, 2.05) is 0 Å². The number of halogens is 1. The summed E-state index contributed by atoms with van der Waals surface area (Å²) in [4.78, 5) is 34.2. The van der Waals surface area contributed by atoms with Crippen LogP contribution in [0, 0.1) is 6.92 Å². The number of nitrogens with one attached hydrogen (secondary N) is 1. The topological polar surface area (TPSA) is 92.7 Å². The van der Waals surface area contributed by atoms with E-state index in [0.717, 1.165) is 0 Å². The van der Waals surface area contributed by atoms with Crippen LogP contribution in [-0.4, -0.2) is 36.1 Å². The van der Waals surface area contributed by atoms with Gasteiger partial charge in [-0.15, -0.1) is 0 Å². The van der Waals surface area contributed by atoms with Crippen molar-refractivity contribution in [2.75, 3.05) is 7.11 Å². The van der Waals surface area contributed by atoms with Crippen molar-refractivity contribution in [1.82, 2.24) is 5.32 Å². The third kappa shape index (κ3) is 4.75. The van der Waals surface area contributed by atoms with Crippen LogP contribution >= 0.6 is 11.6 Å². The van der Waals surface area contributed by atoms with E-state index in [1.54, 1.807) is 19.1 Å². The lowest BCUT2D eigenvalue weighted by atomic mass is 10.1. The number of carbonyl (C=O) groups is 3. The number of carboxylic acids is 1. The van der Waals surface area contributed by atoms with E-state index in [9.17, 15) is 14.4 Å². The van der Waals surface area contributed by atoms with Crippen molar-refractivity contribution in [2.45, 2.75) is 25.8 Å². The molecule has 0 saturated heterocycles. The quantitative estimate of drug-likeness (QED) is 0.781. The molecule has 21 heavy (non-hydrogen) atoms. The highest BCUT2D eigenvalue weighted by Gasteiger charge is 2.23. The second-order valence-electron chi connectivity index (χ2n) is 4.42. The van der Waals surface area contributed by atoms with E-state index >= 15 is 0 Å². The lowest BCUT2D eigenvalue weighted by Crippen LogP contribution is -2.41. The molecular weight excluding hydrogens is 298 g/mol. The van der Waals surface area contributed by atoms with Crippen LogP contribution in [0.15, 0.2) is 18.2 Å². The number of aliphatic carboxylic acids is 1. The summed E-state index contributed by atoms with van der Waals surface area (Å²) in [5.41, 5.74) is 0.909. The van der Waals surface area contributed by atoms with Crippen molar-refractivity contribution in [3.05, 3.63) is 34.3 Å². The number of benzene rings is 1. The Hall–Kier alpha value is -2.08. The number of esters is 1. The highest BCUT2D eigenvalue weighted by molar-refractivity contribution is 6.34. The number of amides is 1. The van der Waals surface area contributed by atoms with E-state index in [4.69, 9.17) is 16.7 Å². The van der Waals surface area contributed by atoms with Gasteiger partial charge in [0.2, 0.25) is 0 Å². The predicted molar refractivity (Wildman–Crippen MR) is 76.3 cm³/mol. The van der Waals surface area contributed by atoms with Crippen LogP contribution in [0.4, 0.5) is 0 Å². The van der Waals surface area contributed by atoms with Crippen molar-refractivity contribution in [2.24, 2.45) is 0 Å². The minimum absolute atomic E-state index is 0.0584. The molecule has 0 aliphatic rings. The van der Waals surface area contributed by atoms with Crippen LogP contribution in [-0.2, 0) is 14.3 Å². The SMILES string of the molecule is COC(=O)CC[C@H](NC(=O)c1cccc(C)c1Cl)C(=O)O. The fraction of sp³-hybridized carbons (Fsp3) is 0.357. The molecule has 0 unspecified atom stereocenters. The zero-order chi connectivity index (χ0) is 16.0. The molecule has 1 aromatic rings. The number of carboxylic acid groups (broad SMARTS) is 1. The predicted octanol–water partition coefficient (Wildman–Crippen LogP) is 1.78. The van der Waals surface area contributed by atoms with Gasteiger partial charge in [-0.3, -0.25) is 9.59 Å². The fourth-order valence-corrected chi connectivity index (χ4v) is 1.89. The Bertz CT molecular complexity index is 558. The third-order valence-electron chi connectivity index (χ3n) is 2.90. The van der Waals surface area contributed by atoms with Crippen molar-refractivity contribution < 1.29 is 24.2 Å². The lowest BCUT2D eigenvalue weighted by molar-refractivity contribution is -0.142. The number of methoxy groups -OCH3 is 1. The molecule has 1 atom stereocenters. The summed E-state index contributed by atoms with van der Waals surface area (Å²) in [6, 6.07) is 3.71. The van der Waals surface area contributed by atoms with Gasteiger partial charge in [-0.25, -0.2) is 4.79 Å². The van der Waals surface area contributed by atoms with Gasteiger partial charge in [-0.05, 0) is 25.0 Å². The summed E-state index contributed by atoms with van der Waals surface area (Å²) in [5, 5.41) is 11.7. The Labute approximate surface area is 127 Å². The molecule has 0 heterocycles. The molecule has 6 nitrogen and oxygen atoms in total. The minimum Gasteiger partial charge on any atom is -0.480 e.